The number of methoxy groups -OCH3 is 1. The number of carbonyl (C=O) groups is 2. The standard InChI is InChI=1S/C16H23NO4/c1-10(2)8-14(16(19)20)17-15(18)11(3)12-6-5-7-13(9-12)21-4/h5-7,9-11,14H,8H2,1-4H3,(H,17,18)(H,19,20). The van der Waals surface area contributed by atoms with Crippen LogP contribution in [0.15, 0.2) is 24.3 Å². The van der Waals surface area contributed by atoms with Crippen molar-refractivity contribution in [2.24, 2.45) is 5.92 Å². The normalized spacial score (nSPS) is 13.6. The van der Waals surface area contributed by atoms with Gasteiger partial charge in [0.1, 0.15) is 11.8 Å². The Bertz CT molecular complexity index is 499. The minimum absolute atomic E-state index is 0.193. The molecule has 0 saturated carbocycles. The zero-order chi connectivity index (χ0) is 16.0. The van der Waals surface area contributed by atoms with Crippen LogP contribution >= 0.6 is 0 Å². The zero-order valence-corrected chi connectivity index (χ0v) is 12.9. The van der Waals surface area contributed by atoms with E-state index in [2.05, 4.69) is 5.32 Å². The first-order chi connectivity index (χ1) is 9.85. The molecule has 0 radical (unpaired) electrons. The molecule has 2 N–H and O–H groups in total. The smallest absolute Gasteiger partial charge is 0.326 e. The molecule has 0 bridgehead atoms. The lowest BCUT2D eigenvalue weighted by molar-refractivity contribution is -0.142. The van der Waals surface area contributed by atoms with E-state index in [1.54, 1.807) is 32.2 Å². The third-order valence-electron chi connectivity index (χ3n) is 3.31. The molecule has 1 amide bonds. The van der Waals surface area contributed by atoms with E-state index in [0.29, 0.717) is 12.2 Å². The lowest BCUT2D eigenvalue weighted by atomic mass is 9.98. The lowest BCUT2D eigenvalue weighted by Crippen LogP contribution is -2.43. The number of carbonyl (C=O) groups excluding carboxylic acids is 1. The van der Waals surface area contributed by atoms with Crippen molar-refractivity contribution in [3.63, 3.8) is 0 Å². The van der Waals surface area contributed by atoms with Crippen molar-refractivity contribution in [1.29, 1.82) is 0 Å². The monoisotopic (exact) mass is 293 g/mol. The van der Waals surface area contributed by atoms with Crippen LogP contribution in [0.2, 0.25) is 0 Å². The van der Waals surface area contributed by atoms with E-state index in [4.69, 9.17) is 4.74 Å². The minimum Gasteiger partial charge on any atom is -0.497 e. The molecule has 5 nitrogen and oxygen atoms in total. The third kappa shape index (κ3) is 5.10. The molecule has 0 saturated heterocycles. The van der Waals surface area contributed by atoms with Gasteiger partial charge in [-0.05, 0) is 37.0 Å². The predicted octanol–water partition coefficient (Wildman–Crippen LogP) is 2.41. The van der Waals surface area contributed by atoms with E-state index in [-0.39, 0.29) is 11.8 Å². The van der Waals surface area contributed by atoms with Crippen molar-refractivity contribution in [1.82, 2.24) is 5.32 Å². The van der Waals surface area contributed by atoms with Gasteiger partial charge in [0, 0.05) is 0 Å². The molecule has 0 fully saturated rings. The molecule has 0 aliphatic rings. The Morgan fingerprint density at radius 2 is 1.95 bits per heavy atom. The van der Waals surface area contributed by atoms with Crippen molar-refractivity contribution in [3.05, 3.63) is 29.8 Å². The number of carboxylic acids is 1. The van der Waals surface area contributed by atoms with Gasteiger partial charge in [-0.25, -0.2) is 4.79 Å². The second-order valence-corrected chi connectivity index (χ2v) is 5.53. The van der Waals surface area contributed by atoms with Crippen LogP contribution in [-0.4, -0.2) is 30.1 Å². The summed E-state index contributed by atoms with van der Waals surface area (Å²) in [6, 6.07) is 6.35. The molecule has 0 spiro atoms. The molecule has 1 rings (SSSR count). The summed E-state index contributed by atoms with van der Waals surface area (Å²) in [6.45, 7) is 5.60. The topological polar surface area (TPSA) is 75.6 Å². The van der Waals surface area contributed by atoms with Crippen LogP contribution < -0.4 is 10.1 Å². The summed E-state index contributed by atoms with van der Waals surface area (Å²) in [7, 11) is 1.56. The lowest BCUT2D eigenvalue weighted by Gasteiger charge is -2.19. The molecule has 5 heteroatoms. The van der Waals surface area contributed by atoms with Gasteiger partial charge >= 0.3 is 5.97 Å². The summed E-state index contributed by atoms with van der Waals surface area (Å²) in [4.78, 5) is 23.4. The Kier molecular flexibility index (Phi) is 6.21. The number of aliphatic carboxylic acids is 1. The molecule has 0 heterocycles. The number of carboxylic acid groups (broad SMARTS) is 1. The number of benzene rings is 1. The quantitative estimate of drug-likeness (QED) is 0.809. The highest BCUT2D eigenvalue weighted by molar-refractivity contribution is 5.87. The van der Waals surface area contributed by atoms with Gasteiger partial charge in [-0.2, -0.15) is 0 Å². The Hall–Kier alpha value is -2.04. The summed E-state index contributed by atoms with van der Waals surface area (Å²) in [5.41, 5.74) is 0.792. The first kappa shape index (κ1) is 17.0. The Morgan fingerprint density at radius 3 is 2.48 bits per heavy atom. The molecule has 21 heavy (non-hydrogen) atoms. The summed E-state index contributed by atoms with van der Waals surface area (Å²) < 4.78 is 5.13. The second kappa shape index (κ2) is 7.67. The maximum atomic E-state index is 12.2. The van der Waals surface area contributed by atoms with Crippen LogP contribution in [0.4, 0.5) is 0 Å². The van der Waals surface area contributed by atoms with Gasteiger partial charge in [0.2, 0.25) is 5.91 Å². The van der Waals surface area contributed by atoms with Crippen molar-refractivity contribution in [3.8, 4) is 5.75 Å². The number of amides is 1. The van der Waals surface area contributed by atoms with Crippen LogP contribution in [0.25, 0.3) is 0 Å². The van der Waals surface area contributed by atoms with Gasteiger partial charge < -0.3 is 15.2 Å². The molecule has 1 aromatic carbocycles. The molecule has 0 aromatic heterocycles. The summed E-state index contributed by atoms with van der Waals surface area (Å²) in [6.07, 6.45) is 0.409. The fourth-order valence-electron chi connectivity index (χ4n) is 2.05. The highest BCUT2D eigenvalue weighted by Gasteiger charge is 2.24. The first-order valence-corrected chi connectivity index (χ1v) is 7.02. The molecule has 1 aromatic rings. The van der Waals surface area contributed by atoms with E-state index in [0.717, 1.165) is 5.56 Å². The number of hydrogen-bond acceptors (Lipinski definition) is 3. The van der Waals surface area contributed by atoms with Crippen LogP contribution in [0.3, 0.4) is 0 Å². The van der Waals surface area contributed by atoms with E-state index in [1.807, 2.05) is 19.9 Å². The molecule has 116 valence electrons. The average molecular weight is 293 g/mol. The fraction of sp³-hybridized carbons (Fsp3) is 0.500. The molecule has 2 unspecified atom stereocenters. The Morgan fingerprint density at radius 1 is 1.29 bits per heavy atom. The maximum Gasteiger partial charge on any atom is 0.326 e. The van der Waals surface area contributed by atoms with Crippen LogP contribution in [0, 0.1) is 5.92 Å². The second-order valence-electron chi connectivity index (χ2n) is 5.53. The maximum absolute atomic E-state index is 12.2. The van der Waals surface area contributed by atoms with E-state index >= 15 is 0 Å². The van der Waals surface area contributed by atoms with E-state index < -0.39 is 17.9 Å². The third-order valence-corrected chi connectivity index (χ3v) is 3.31. The molecule has 0 aliphatic heterocycles. The summed E-state index contributed by atoms with van der Waals surface area (Å²) >= 11 is 0. The Labute approximate surface area is 125 Å². The zero-order valence-electron chi connectivity index (χ0n) is 12.9. The van der Waals surface area contributed by atoms with Crippen LogP contribution in [0.1, 0.15) is 38.7 Å². The van der Waals surface area contributed by atoms with Crippen LogP contribution in [0.5, 0.6) is 5.75 Å². The van der Waals surface area contributed by atoms with E-state index in [1.165, 1.54) is 0 Å². The highest BCUT2D eigenvalue weighted by atomic mass is 16.5. The van der Waals surface area contributed by atoms with Gasteiger partial charge in [-0.1, -0.05) is 26.0 Å². The molecular weight excluding hydrogens is 270 g/mol. The summed E-state index contributed by atoms with van der Waals surface area (Å²) in [5.74, 6) is -0.872. The van der Waals surface area contributed by atoms with Gasteiger partial charge in [-0.15, -0.1) is 0 Å². The molecule has 0 aliphatic carbocycles. The molecular formula is C16H23NO4. The number of ether oxygens (including phenoxy) is 1. The molecule has 2 atom stereocenters. The number of hydrogen-bond donors (Lipinski definition) is 2. The van der Waals surface area contributed by atoms with Crippen molar-refractivity contribution in [2.45, 2.75) is 39.2 Å². The first-order valence-electron chi connectivity index (χ1n) is 7.02. The SMILES string of the molecule is COc1cccc(C(C)C(=O)NC(CC(C)C)C(=O)O)c1. The largest absolute Gasteiger partial charge is 0.497 e. The number of nitrogens with one attached hydrogen (secondary N) is 1. The average Bonchev–Trinajstić information content (AvgIpc) is 2.45. The van der Waals surface area contributed by atoms with Crippen molar-refractivity contribution >= 4 is 11.9 Å². The van der Waals surface area contributed by atoms with Crippen molar-refractivity contribution in [2.75, 3.05) is 7.11 Å². The van der Waals surface area contributed by atoms with Gasteiger partial charge in [-0.3, -0.25) is 4.79 Å². The minimum atomic E-state index is -1.00. The predicted molar refractivity (Wildman–Crippen MR) is 80.4 cm³/mol. The highest BCUT2D eigenvalue weighted by Crippen LogP contribution is 2.21. The number of rotatable bonds is 7. The van der Waals surface area contributed by atoms with Crippen LogP contribution in [-0.2, 0) is 9.59 Å². The van der Waals surface area contributed by atoms with Gasteiger partial charge in [0.15, 0.2) is 0 Å². The van der Waals surface area contributed by atoms with Gasteiger partial charge in [0.05, 0.1) is 13.0 Å². The fourth-order valence-corrected chi connectivity index (χ4v) is 2.05. The van der Waals surface area contributed by atoms with Crippen molar-refractivity contribution < 1.29 is 19.4 Å². The Balaban J connectivity index is 2.78. The van der Waals surface area contributed by atoms with Gasteiger partial charge in [0.25, 0.3) is 0 Å². The van der Waals surface area contributed by atoms with E-state index in [9.17, 15) is 14.7 Å². The summed E-state index contributed by atoms with van der Waals surface area (Å²) in [5, 5.41) is 11.8.